The predicted molar refractivity (Wildman–Crippen MR) is 38.7 cm³/mol. The van der Waals surface area contributed by atoms with Crippen molar-refractivity contribution in [3.8, 4) is 0 Å². The van der Waals surface area contributed by atoms with Crippen LogP contribution in [-0.4, -0.2) is 29.5 Å². The van der Waals surface area contributed by atoms with Crippen molar-refractivity contribution in [2.75, 3.05) is 13.2 Å². The monoisotopic (exact) mass is 145 g/mol. The van der Waals surface area contributed by atoms with E-state index in [0.29, 0.717) is 19.6 Å². The molecule has 1 atom stereocenters. The minimum atomic E-state index is -0.812. The molecule has 1 unspecified atom stereocenters. The molecule has 0 spiro atoms. The van der Waals surface area contributed by atoms with Crippen LogP contribution in [0.5, 0.6) is 0 Å². The highest BCUT2D eigenvalue weighted by Gasteiger charge is 2.43. The minimum Gasteiger partial charge on any atom is -0.385 e. The minimum absolute atomic E-state index is 0.372. The normalized spacial score (nSPS) is 34.8. The first kappa shape index (κ1) is 7.98. The van der Waals surface area contributed by atoms with Crippen LogP contribution in [0.25, 0.3) is 0 Å². The molecule has 1 saturated heterocycles. The molecule has 1 rings (SSSR count). The van der Waals surface area contributed by atoms with E-state index in [1.165, 1.54) is 0 Å². The molecule has 0 saturated carbocycles. The van der Waals surface area contributed by atoms with Crippen molar-refractivity contribution in [3.05, 3.63) is 0 Å². The van der Waals surface area contributed by atoms with Crippen LogP contribution in [0.3, 0.4) is 0 Å². The summed E-state index contributed by atoms with van der Waals surface area (Å²) < 4.78 is 5.06. The lowest BCUT2D eigenvalue weighted by atomic mass is 9.83. The molecule has 3 heteroatoms. The molecule has 0 aromatic carbocycles. The van der Waals surface area contributed by atoms with Crippen molar-refractivity contribution in [1.29, 1.82) is 0 Å². The second-order valence-corrected chi connectivity index (χ2v) is 3.56. The van der Waals surface area contributed by atoms with Crippen LogP contribution in [0, 0.1) is 0 Å². The third-order valence-corrected chi connectivity index (χ3v) is 2.20. The maximum Gasteiger partial charge on any atom is 0.107 e. The molecule has 3 N–H and O–H groups in total. The summed E-state index contributed by atoms with van der Waals surface area (Å²) in [4.78, 5) is 0. The van der Waals surface area contributed by atoms with E-state index in [2.05, 4.69) is 0 Å². The zero-order chi connectivity index (χ0) is 7.83. The van der Waals surface area contributed by atoms with Crippen LogP contribution in [0.2, 0.25) is 0 Å². The van der Waals surface area contributed by atoms with Gasteiger partial charge in [-0.1, -0.05) is 0 Å². The van der Waals surface area contributed by atoms with Crippen LogP contribution in [0.4, 0.5) is 0 Å². The molecule has 10 heavy (non-hydrogen) atoms. The smallest absolute Gasteiger partial charge is 0.107 e. The Labute approximate surface area is 61.2 Å². The van der Waals surface area contributed by atoms with Crippen LogP contribution in [0.1, 0.15) is 20.3 Å². The molecular weight excluding hydrogens is 130 g/mol. The molecule has 0 amide bonds. The molecule has 1 aliphatic heterocycles. The summed E-state index contributed by atoms with van der Waals surface area (Å²) in [6.07, 6.45) is 0.649. The Morgan fingerprint density at radius 3 is 2.40 bits per heavy atom. The molecule has 1 heterocycles. The Hall–Kier alpha value is -0.120. The first-order valence-corrected chi connectivity index (χ1v) is 3.55. The molecule has 0 radical (unpaired) electrons. The van der Waals surface area contributed by atoms with Gasteiger partial charge in [-0.05, 0) is 13.8 Å². The van der Waals surface area contributed by atoms with Gasteiger partial charge < -0.3 is 15.6 Å². The lowest BCUT2D eigenvalue weighted by Gasteiger charge is -2.34. The zero-order valence-electron chi connectivity index (χ0n) is 6.55. The highest BCUT2D eigenvalue weighted by molar-refractivity contribution is 4.99. The van der Waals surface area contributed by atoms with Crippen molar-refractivity contribution in [3.63, 3.8) is 0 Å². The summed E-state index contributed by atoms with van der Waals surface area (Å²) in [5, 5.41) is 9.78. The number of ether oxygens (including phenoxy) is 1. The highest BCUT2D eigenvalue weighted by atomic mass is 16.5. The van der Waals surface area contributed by atoms with Gasteiger partial charge in [-0.3, -0.25) is 0 Å². The molecule has 60 valence electrons. The van der Waals surface area contributed by atoms with Crippen molar-refractivity contribution in [2.45, 2.75) is 31.4 Å². The number of nitrogens with two attached hydrogens (primary N) is 1. The van der Waals surface area contributed by atoms with Gasteiger partial charge in [0, 0.05) is 18.6 Å². The zero-order valence-corrected chi connectivity index (χ0v) is 6.55. The van der Waals surface area contributed by atoms with Gasteiger partial charge in [0.05, 0.1) is 6.61 Å². The van der Waals surface area contributed by atoms with E-state index in [-0.39, 0.29) is 0 Å². The molecule has 1 aliphatic rings. The molecule has 1 fully saturated rings. The van der Waals surface area contributed by atoms with Gasteiger partial charge in [-0.15, -0.1) is 0 Å². The van der Waals surface area contributed by atoms with Crippen LogP contribution in [0.15, 0.2) is 0 Å². The quantitative estimate of drug-likeness (QED) is 0.540. The summed E-state index contributed by atoms with van der Waals surface area (Å²) in [5.74, 6) is 0. The maximum absolute atomic E-state index is 9.78. The molecular formula is C7H15NO2. The van der Waals surface area contributed by atoms with Gasteiger partial charge in [0.15, 0.2) is 0 Å². The van der Waals surface area contributed by atoms with Gasteiger partial charge in [0.1, 0.15) is 5.60 Å². The van der Waals surface area contributed by atoms with E-state index in [1.54, 1.807) is 0 Å². The summed E-state index contributed by atoms with van der Waals surface area (Å²) in [5.41, 5.74) is 4.38. The summed E-state index contributed by atoms with van der Waals surface area (Å²) in [6.45, 7) is 4.64. The molecule has 3 nitrogen and oxygen atoms in total. The lowest BCUT2D eigenvalue weighted by Crippen LogP contribution is -2.56. The Kier molecular flexibility index (Phi) is 1.75. The van der Waals surface area contributed by atoms with Gasteiger partial charge in [-0.2, -0.15) is 0 Å². The third-order valence-electron chi connectivity index (χ3n) is 2.20. The van der Waals surface area contributed by atoms with Crippen molar-refractivity contribution in [2.24, 2.45) is 5.73 Å². The maximum atomic E-state index is 9.78. The van der Waals surface area contributed by atoms with E-state index in [1.807, 2.05) is 13.8 Å². The fourth-order valence-corrected chi connectivity index (χ4v) is 1.06. The van der Waals surface area contributed by atoms with Gasteiger partial charge in [0.25, 0.3) is 0 Å². The van der Waals surface area contributed by atoms with Crippen LogP contribution >= 0.6 is 0 Å². The van der Waals surface area contributed by atoms with Gasteiger partial charge in [-0.25, -0.2) is 0 Å². The number of aliphatic hydroxyl groups is 1. The lowest BCUT2D eigenvalue weighted by molar-refractivity contribution is -0.0271. The molecule has 0 aromatic heterocycles. The van der Waals surface area contributed by atoms with Gasteiger partial charge >= 0.3 is 0 Å². The molecule has 0 bridgehead atoms. The summed E-state index contributed by atoms with van der Waals surface area (Å²) in [6, 6.07) is 0. The largest absolute Gasteiger partial charge is 0.385 e. The fraction of sp³-hybridized carbons (Fsp3) is 1.00. The first-order valence-electron chi connectivity index (χ1n) is 3.55. The first-order chi connectivity index (χ1) is 4.46. The number of hydrogen-bond acceptors (Lipinski definition) is 3. The van der Waals surface area contributed by atoms with Crippen LogP contribution < -0.4 is 5.73 Å². The Morgan fingerprint density at radius 1 is 1.60 bits per heavy atom. The SMILES string of the molecule is CC(C)(N)C1(O)CCOC1. The average molecular weight is 145 g/mol. The summed E-state index contributed by atoms with van der Waals surface area (Å²) >= 11 is 0. The van der Waals surface area contributed by atoms with Crippen molar-refractivity contribution >= 4 is 0 Å². The van der Waals surface area contributed by atoms with E-state index >= 15 is 0 Å². The summed E-state index contributed by atoms with van der Waals surface area (Å²) in [7, 11) is 0. The number of hydrogen-bond donors (Lipinski definition) is 2. The Balaban J connectivity index is 2.67. The van der Waals surface area contributed by atoms with Crippen LogP contribution in [-0.2, 0) is 4.74 Å². The van der Waals surface area contributed by atoms with E-state index in [9.17, 15) is 5.11 Å². The molecule has 0 aromatic rings. The Bertz CT molecular complexity index is 122. The van der Waals surface area contributed by atoms with Gasteiger partial charge in [0.2, 0.25) is 0 Å². The highest BCUT2D eigenvalue weighted by Crippen LogP contribution is 2.27. The van der Waals surface area contributed by atoms with E-state index in [0.717, 1.165) is 0 Å². The second-order valence-electron chi connectivity index (χ2n) is 3.56. The average Bonchev–Trinajstić information content (AvgIpc) is 2.13. The number of rotatable bonds is 1. The predicted octanol–water partition coefficient (Wildman–Crippen LogP) is -0.125. The van der Waals surface area contributed by atoms with Crippen molar-refractivity contribution in [1.82, 2.24) is 0 Å². The standard InChI is InChI=1S/C7H15NO2/c1-6(2,8)7(9)3-4-10-5-7/h9H,3-5,8H2,1-2H3. The van der Waals surface area contributed by atoms with E-state index < -0.39 is 11.1 Å². The molecule has 0 aliphatic carbocycles. The second kappa shape index (κ2) is 2.19. The Morgan fingerprint density at radius 2 is 2.20 bits per heavy atom. The third kappa shape index (κ3) is 1.17. The fourth-order valence-electron chi connectivity index (χ4n) is 1.06. The van der Waals surface area contributed by atoms with Crippen molar-refractivity contribution < 1.29 is 9.84 Å². The topological polar surface area (TPSA) is 55.5 Å². The van der Waals surface area contributed by atoms with E-state index in [4.69, 9.17) is 10.5 Å².